The lowest BCUT2D eigenvalue weighted by Gasteiger charge is -2.27. The summed E-state index contributed by atoms with van der Waals surface area (Å²) in [5.74, 6) is 0.555. The number of ether oxygens (including phenoxy) is 1. The lowest BCUT2D eigenvalue weighted by atomic mass is 9.96. The third-order valence-corrected chi connectivity index (χ3v) is 4.77. The van der Waals surface area contributed by atoms with Gasteiger partial charge in [-0.1, -0.05) is 25.1 Å². The van der Waals surface area contributed by atoms with E-state index in [0.717, 1.165) is 0 Å². The molecule has 1 aromatic carbocycles. The predicted molar refractivity (Wildman–Crippen MR) is 84.0 cm³/mol. The molecule has 0 aromatic heterocycles. The Labute approximate surface area is 130 Å². The largest absolute Gasteiger partial charge is 0.496 e. The van der Waals surface area contributed by atoms with Crippen molar-refractivity contribution in [2.45, 2.75) is 24.3 Å². The molecule has 2 unspecified atom stereocenters. The number of nitrogens with one attached hydrogen (secondary N) is 2. The molecule has 1 aliphatic heterocycles. The Hall–Kier alpha value is -1.86. The van der Waals surface area contributed by atoms with Crippen LogP contribution in [0.1, 0.15) is 18.9 Å². The van der Waals surface area contributed by atoms with Crippen molar-refractivity contribution < 1.29 is 17.9 Å². The topological polar surface area (TPSA) is 84.5 Å². The highest BCUT2D eigenvalue weighted by atomic mass is 32.2. The van der Waals surface area contributed by atoms with E-state index in [0.29, 0.717) is 17.7 Å². The number of hydrazine groups is 1. The summed E-state index contributed by atoms with van der Waals surface area (Å²) >= 11 is 0. The molecule has 0 saturated carbocycles. The zero-order chi connectivity index (χ0) is 16.3. The minimum Gasteiger partial charge on any atom is -0.496 e. The third kappa shape index (κ3) is 3.66. The van der Waals surface area contributed by atoms with Gasteiger partial charge >= 0.3 is 0 Å². The Bertz CT molecular complexity index is 697. The summed E-state index contributed by atoms with van der Waals surface area (Å²) in [6, 6.07) is 4.84. The van der Waals surface area contributed by atoms with Gasteiger partial charge in [0.1, 0.15) is 5.75 Å². The van der Waals surface area contributed by atoms with E-state index in [9.17, 15) is 13.2 Å². The van der Waals surface area contributed by atoms with Crippen LogP contribution in [0.5, 0.6) is 5.75 Å². The normalized spacial score (nSPS) is 22.6. The van der Waals surface area contributed by atoms with E-state index in [4.69, 9.17) is 4.74 Å². The van der Waals surface area contributed by atoms with Crippen molar-refractivity contribution in [1.82, 2.24) is 10.9 Å². The van der Waals surface area contributed by atoms with Crippen LogP contribution >= 0.6 is 0 Å². The molecule has 1 amide bonds. The Morgan fingerprint density at radius 3 is 2.68 bits per heavy atom. The molecular weight excluding hydrogens is 304 g/mol. The molecule has 1 fully saturated rings. The first-order valence-electron chi connectivity index (χ1n) is 6.92. The number of hydrogen-bond acceptors (Lipinski definition) is 5. The predicted octanol–water partition coefficient (Wildman–Crippen LogP) is 1.14. The SMILES string of the molecule is COc1cccc(S(C)(=O)=O)c1/C=C/C1NNC(=O)CC1C. The third-order valence-electron chi connectivity index (χ3n) is 3.61. The van der Waals surface area contributed by atoms with Gasteiger partial charge in [-0.2, -0.15) is 0 Å². The van der Waals surface area contributed by atoms with Crippen LogP contribution in [0.2, 0.25) is 0 Å². The van der Waals surface area contributed by atoms with Crippen LogP contribution in [-0.2, 0) is 14.6 Å². The van der Waals surface area contributed by atoms with Gasteiger partial charge in [-0.15, -0.1) is 0 Å². The molecule has 1 heterocycles. The van der Waals surface area contributed by atoms with Crippen LogP contribution in [0.4, 0.5) is 0 Å². The van der Waals surface area contributed by atoms with E-state index in [1.807, 2.05) is 13.0 Å². The molecule has 120 valence electrons. The molecule has 22 heavy (non-hydrogen) atoms. The molecule has 0 bridgehead atoms. The second-order valence-electron chi connectivity index (χ2n) is 5.40. The van der Waals surface area contributed by atoms with Crippen LogP contribution < -0.4 is 15.6 Å². The summed E-state index contributed by atoms with van der Waals surface area (Å²) in [5.41, 5.74) is 6.00. The summed E-state index contributed by atoms with van der Waals surface area (Å²) in [6.07, 6.45) is 5.16. The number of sulfone groups is 1. The number of amides is 1. The molecule has 2 atom stereocenters. The van der Waals surface area contributed by atoms with Gasteiger partial charge in [0.2, 0.25) is 5.91 Å². The van der Waals surface area contributed by atoms with Gasteiger partial charge in [0, 0.05) is 24.3 Å². The minimum atomic E-state index is -3.36. The second-order valence-corrected chi connectivity index (χ2v) is 7.39. The van der Waals surface area contributed by atoms with E-state index < -0.39 is 9.84 Å². The number of carbonyl (C=O) groups excluding carboxylic acids is 1. The molecule has 2 N–H and O–H groups in total. The Morgan fingerprint density at radius 2 is 2.09 bits per heavy atom. The standard InChI is InChI=1S/C15H20N2O4S/c1-10-9-15(18)17-16-12(10)8-7-11-13(21-2)5-4-6-14(11)22(3,19)20/h4-8,10,12,16H,9H2,1-3H3,(H,17,18)/b8-7+. The quantitative estimate of drug-likeness (QED) is 0.868. The molecule has 0 spiro atoms. The zero-order valence-electron chi connectivity index (χ0n) is 12.8. The summed E-state index contributed by atoms with van der Waals surface area (Å²) in [7, 11) is -1.86. The van der Waals surface area contributed by atoms with Crippen LogP contribution in [0.15, 0.2) is 29.2 Å². The van der Waals surface area contributed by atoms with Crippen LogP contribution in [0.3, 0.4) is 0 Å². The first-order valence-corrected chi connectivity index (χ1v) is 8.81. The molecule has 1 aliphatic rings. The average molecular weight is 324 g/mol. The highest BCUT2D eigenvalue weighted by Crippen LogP contribution is 2.28. The van der Waals surface area contributed by atoms with E-state index in [2.05, 4.69) is 10.9 Å². The summed E-state index contributed by atoms with van der Waals surface area (Å²) in [4.78, 5) is 11.5. The molecule has 1 aromatic rings. The highest BCUT2D eigenvalue weighted by molar-refractivity contribution is 7.90. The fourth-order valence-electron chi connectivity index (χ4n) is 2.40. The van der Waals surface area contributed by atoms with E-state index in [1.165, 1.54) is 13.4 Å². The van der Waals surface area contributed by atoms with Crippen LogP contribution in [0.25, 0.3) is 6.08 Å². The molecule has 0 radical (unpaired) electrons. The van der Waals surface area contributed by atoms with E-state index in [1.54, 1.807) is 24.3 Å². The van der Waals surface area contributed by atoms with Gasteiger partial charge < -0.3 is 4.74 Å². The van der Waals surface area contributed by atoms with Gasteiger partial charge in [0.15, 0.2) is 9.84 Å². The number of rotatable bonds is 4. The lowest BCUT2D eigenvalue weighted by molar-refractivity contribution is -0.125. The molecule has 6 nitrogen and oxygen atoms in total. The Kier molecular flexibility index (Phi) is 4.87. The molecule has 0 aliphatic carbocycles. The van der Waals surface area contributed by atoms with Crippen molar-refractivity contribution in [2.24, 2.45) is 5.92 Å². The van der Waals surface area contributed by atoms with Crippen molar-refractivity contribution in [1.29, 1.82) is 0 Å². The number of hydrogen-bond donors (Lipinski definition) is 2. The summed E-state index contributed by atoms with van der Waals surface area (Å²) < 4.78 is 29.1. The van der Waals surface area contributed by atoms with Crippen LogP contribution in [0, 0.1) is 5.92 Å². The van der Waals surface area contributed by atoms with Gasteiger partial charge in [0.05, 0.1) is 12.0 Å². The van der Waals surface area contributed by atoms with Gasteiger partial charge in [0.25, 0.3) is 0 Å². The minimum absolute atomic E-state index is 0.0498. The molecular formula is C15H20N2O4S. The number of benzene rings is 1. The molecule has 7 heteroatoms. The maximum Gasteiger partial charge on any atom is 0.234 e. The van der Waals surface area contributed by atoms with Crippen molar-refractivity contribution in [3.05, 3.63) is 29.8 Å². The fraction of sp³-hybridized carbons (Fsp3) is 0.400. The van der Waals surface area contributed by atoms with Crippen LogP contribution in [-0.4, -0.2) is 33.7 Å². The van der Waals surface area contributed by atoms with Crippen molar-refractivity contribution in [3.8, 4) is 5.75 Å². The van der Waals surface area contributed by atoms with Gasteiger partial charge in [-0.05, 0) is 18.1 Å². The monoisotopic (exact) mass is 324 g/mol. The van der Waals surface area contributed by atoms with Gasteiger partial charge in [-0.3, -0.25) is 10.2 Å². The highest BCUT2D eigenvalue weighted by Gasteiger charge is 2.23. The molecule has 1 saturated heterocycles. The van der Waals surface area contributed by atoms with Crippen molar-refractivity contribution in [3.63, 3.8) is 0 Å². The Morgan fingerprint density at radius 1 is 1.36 bits per heavy atom. The first-order chi connectivity index (χ1) is 10.3. The van der Waals surface area contributed by atoms with Crippen molar-refractivity contribution >= 4 is 21.8 Å². The maximum absolute atomic E-state index is 11.9. The summed E-state index contributed by atoms with van der Waals surface area (Å²) in [5, 5.41) is 0. The zero-order valence-corrected chi connectivity index (χ0v) is 13.6. The number of carbonyl (C=O) groups is 1. The van der Waals surface area contributed by atoms with E-state index in [-0.39, 0.29) is 22.8 Å². The lowest BCUT2D eigenvalue weighted by Crippen LogP contribution is -2.52. The summed E-state index contributed by atoms with van der Waals surface area (Å²) in [6.45, 7) is 1.96. The number of methoxy groups -OCH3 is 1. The van der Waals surface area contributed by atoms with Crippen molar-refractivity contribution in [2.75, 3.05) is 13.4 Å². The average Bonchev–Trinajstić information content (AvgIpc) is 2.45. The Balaban J connectivity index is 2.36. The fourth-order valence-corrected chi connectivity index (χ4v) is 3.30. The smallest absolute Gasteiger partial charge is 0.234 e. The first kappa shape index (κ1) is 16.5. The van der Waals surface area contributed by atoms with Gasteiger partial charge in [-0.25, -0.2) is 13.8 Å². The van der Waals surface area contributed by atoms with E-state index >= 15 is 0 Å². The maximum atomic E-state index is 11.9. The molecule has 2 rings (SSSR count). The second kappa shape index (κ2) is 6.50.